The zero-order valence-electron chi connectivity index (χ0n) is 11.1. The van der Waals surface area contributed by atoms with Crippen molar-refractivity contribution in [1.82, 2.24) is 5.32 Å². The van der Waals surface area contributed by atoms with Gasteiger partial charge in [0.05, 0.1) is 4.47 Å². The van der Waals surface area contributed by atoms with E-state index < -0.39 is 0 Å². The number of nitrogens with one attached hydrogen (secondary N) is 1. The fourth-order valence-corrected chi connectivity index (χ4v) is 3.02. The van der Waals surface area contributed by atoms with Crippen LogP contribution in [0.25, 0.3) is 0 Å². The molecule has 100 valence electrons. The number of hydrogen-bond donors (Lipinski definition) is 1. The molecule has 0 heterocycles. The van der Waals surface area contributed by atoms with Gasteiger partial charge < -0.3 is 5.32 Å². The minimum absolute atomic E-state index is 0.179. The third-order valence-corrected chi connectivity index (χ3v) is 4.47. The third-order valence-electron chi connectivity index (χ3n) is 3.86. The van der Waals surface area contributed by atoms with Gasteiger partial charge in [0.1, 0.15) is 5.82 Å². The first-order valence-corrected chi connectivity index (χ1v) is 7.47. The van der Waals surface area contributed by atoms with Crippen LogP contribution < -0.4 is 5.32 Å². The van der Waals surface area contributed by atoms with Gasteiger partial charge in [0, 0.05) is 12.6 Å². The lowest BCUT2D eigenvalue weighted by atomic mass is 9.65. The Morgan fingerprint density at radius 1 is 1.39 bits per heavy atom. The van der Waals surface area contributed by atoms with Gasteiger partial charge >= 0.3 is 0 Å². The van der Waals surface area contributed by atoms with E-state index in [9.17, 15) is 4.39 Å². The Labute approximate surface area is 117 Å². The average Bonchev–Trinajstić information content (AvgIpc) is 2.26. The van der Waals surface area contributed by atoms with Crippen LogP contribution in [0.15, 0.2) is 22.7 Å². The molecule has 1 aromatic rings. The molecule has 0 saturated heterocycles. The van der Waals surface area contributed by atoms with Crippen molar-refractivity contribution in [3.8, 4) is 0 Å². The molecule has 18 heavy (non-hydrogen) atoms. The second-order valence-electron chi connectivity index (χ2n) is 5.81. The first-order chi connectivity index (χ1) is 8.51. The summed E-state index contributed by atoms with van der Waals surface area (Å²) >= 11 is 3.27. The molecule has 1 aromatic carbocycles. The van der Waals surface area contributed by atoms with Gasteiger partial charge in [0.2, 0.25) is 0 Å². The predicted molar refractivity (Wildman–Crippen MR) is 77.2 cm³/mol. The Balaban J connectivity index is 2.03. The normalized spacial score (nSPS) is 17.8. The van der Waals surface area contributed by atoms with Crippen LogP contribution in [0.1, 0.15) is 38.7 Å². The molecule has 1 saturated carbocycles. The summed E-state index contributed by atoms with van der Waals surface area (Å²) in [6.07, 6.45) is 4.93. The summed E-state index contributed by atoms with van der Waals surface area (Å²) in [6.45, 7) is 5.43. The van der Waals surface area contributed by atoms with Crippen LogP contribution in [0.3, 0.4) is 0 Å². The van der Waals surface area contributed by atoms with E-state index in [-0.39, 0.29) is 5.82 Å². The van der Waals surface area contributed by atoms with Crippen molar-refractivity contribution in [2.75, 3.05) is 6.54 Å². The molecule has 1 aliphatic rings. The molecule has 0 bridgehead atoms. The SMILES string of the molecule is CC(C)NCC1(Cc2ccc(F)c(Br)c2)CCC1. The van der Waals surface area contributed by atoms with Crippen LogP contribution in [-0.2, 0) is 6.42 Å². The maximum atomic E-state index is 13.2. The molecule has 1 aliphatic carbocycles. The molecule has 0 atom stereocenters. The molecule has 0 aliphatic heterocycles. The molecular formula is C15H21BrFN. The number of halogens is 2. The molecule has 1 N–H and O–H groups in total. The molecule has 0 amide bonds. The highest BCUT2D eigenvalue weighted by atomic mass is 79.9. The standard InChI is InChI=1S/C15H21BrFN/c1-11(2)18-10-15(6-3-7-15)9-12-4-5-14(17)13(16)8-12/h4-5,8,11,18H,3,6-7,9-10H2,1-2H3. The van der Waals surface area contributed by atoms with Crippen LogP contribution in [0.2, 0.25) is 0 Å². The van der Waals surface area contributed by atoms with Crippen molar-refractivity contribution in [1.29, 1.82) is 0 Å². The van der Waals surface area contributed by atoms with Crippen molar-refractivity contribution >= 4 is 15.9 Å². The second kappa shape index (κ2) is 5.70. The average molecular weight is 314 g/mol. The Morgan fingerprint density at radius 3 is 2.61 bits per heavy atom. The monoisotopic (exact) mass is 313 g/mol. The minimum atomic E-state index is -0.179. The lowest BCUT2D eigenvalue weighted by Gasteiger charge is -2.43. The molecule has 0 spiro atoms. The Hall–Kier alpha value is -0.410. The molecular weight excluding hydrogens is 293 g/mol. The number of hydrogen-bond acceptors (Lipinski definition) is 1. The number of benzene rings is 1. The van der Waals surface area contributed by atoms with Crippen molar-refractivity contribution in [2.24, 2.45) is 5.41 Å². The van der Waals surface area contributed by atoms with E-state index >= 15 is 0 Å². The van der Waals surface area contributed by atoms with Gasteiger partial charge in [0.25, 0.3) is 0 Å². The van der Waals surface area contributed by atoms with Crippen LogP contribution in [0.4, 0.5) is 4.39 Å². The fourth-order valence-electron chi connectivity index (χ4n) is 2.60. The van der Waals surface area contributed by atoms with E-state index in [1.165, 1.54) is 24.8 Å². The highest BCUT2D eigenvalue weighted by Gasteiger charge is 2.36. The van der Waals surface area contributed by atoms with E-state index in [0.717, 1.165) is 13.0 Å². The largest absolute Gasteiger partial charge is 0.314 e. The van der Waals surface area contributed by atoms with Gasteiger partial charge in [-0.25, -0.2) is 4.39 Å². The number of rotatable bonds is 5. The highest BCUT2D eigenvalue weighted by Crippen LogP contribution is 2.43. The summed E-state index contributed by atoms with van der Waals surface area (Å²) in [5.41, 5.74) is 1.62. The summed E-state index contributed by atoms with van der Waals surface area (Å²) in [5.74, 6) is -0.179. The van der Waals surface area contributed by atoms with Gasteiger partial charge in [-0.15, -0.1) is 0 Å². The van der Waals surface area contributed by atoms with Crippen molar-refractivity contribution in [3.63, 3.8) is 0 Å². The van der Waals surface area contributed by atoms with E-state index in [2.05, 4.69) is 35.1 Å². The molecule has 1 nitrogen and oxygen atoms in total. The summed E-state index contributed by atoms with van der Waals surface area (Å²) in [7, 11) is 0. The topological polar surface area (TPSA) is 12.0 Å². The first-order valence-electron chi connectivity index (χ1n) is 6.68. The van der Waals surface area contributed by atoms with Crippen molar-refractivity contribution < 1.29 is 4.39 Å². The smallest absolute Gasteiger partial charge is 0.137 e. The lowest BCUT2D eigenvalue weighted by molar-refractivity contribution is 0.126. The van der Waals surface area contributed by atoms with Crippen molar-refractivity contribution in [3.05, 3.63) is 34.1 Å². The third kappa shape index (κ3) is 3.33. The van der Waals surface area contributed by atoms with E-state index in [4.69, 9.17) is 0 Å². The quantitative estimate of drug-likeness (QED) is 0.854. The Bertz CT molecular complexity index is 413. The van der Waals surface area contributed by atoms with Gasteiger partial charge in [-0.3, -0.25) is 0 Å². The summed E-state index contributed by atoms with van der Waals surface area (Å²) in [6, 6.07) is 5.92. The highest BCUT2D eigenvalue weighted by molar-refractivity contribution is 9.10. The van der Waals surface area contributed by atoms with Crippen LogP contribution >= 0.6 is 15.9 Å². The maximum Gasteiger partial charge on any atom is 0.137 e. The summed E-state index contributed by atoms with van der Waals surface area (Å²) < 4.78 is 13.8. The molecule has 0 radical (unpaired) electrons. The minimum Gasteiger partial charge on any atom is -0.314 e. The van der Waals surface area contributed by atoms with Gasteiger partial charge in [-0.2, -0.15) is 0 Å². The zero-order valence-corrected chi connectivity index (χ0v) is 12.7. The molecule has 2 rings (SSSR count). The molecule has 1 fully saturated rings. The zero-order chi connectivity index (χ0) is 13.2. The molecule has 0 unspecified atom stereocenters. The second-order valence-corrected chi connectivity index (χ2v) is 6.67. The van der Waals surface area contributed by atoms with Crippen LogP contribution in [0.5, 0.6) is 0 Å². The molecule has 0 aromatic heterocycles. The fraction of sp³-hybridized carbons (Fsp3) is 0.600. The lowest BCUT2D eigenvalue weighted by Crippen LogP contribution is -2.43. The van der Waals surface area contributed by atoms with Gasteiger partial charge in [0.15, 0.2) is 0 Å². The van der Waals surface area contributed by atoms with E-state index in [0.29, 0.717) is 15.9 Å². The van der Waals surface area contributed by atoms with E-state index in [1.807, 2.05) is 12.1 Å². The van der Waals surface area contributed by atoms with Gasteiger partial charge in [-0.05, 0) is 58.3 Å². The Kier molecular flexibility index (Phi) is 4.44. The maximum absolute atomic E-state index is 13.2. The van der Waals surface area contributed by atoms with Crippen molar-refractivity contribution in [2.45, 2.75) is 45.6 Å². The Morgan fingerprint density at radius 2 is 2.11 bits per heavy atom. The molecule has 3 heteroatoms. The summed E-state index contributed by atoms with van der Waals surface area (Å²) in [5, 5.41) is 3.55. The van der Waals surface area contributed by atoms with E-state index in [1.54, 1.807) is 6.07 Å². The van der Waals surface area contributed by atoms with Crippen LogP contribution in [-0.4, -0.2) is 12.6 Å². The first kappa shape index (κ1) is 14.0. The van der Waals surface area contributed by atoms with Gasteiger partial charge in [-0.1, -0.05) is 26.3 Å². The summed E-state index contributed by atoms with van der Waals surface area (Å²) in [4.78, 5) is 0. The predicted octanol–water partition coefficient (Wildman–Crippen LogP) is 4.30. The van der Waals surface area contributed by atoms with Crippen LogP contribution in [0, 0.1) is 11.2 Å².